The highest BCUT2D eigenvalue weighted by Gasteiger charge is 2.03. The van der Waals surface area contributed by atoms with Crippen LogP contribution in [0.25, 0.3) is 0 Å². The topological polar surface area (TPSA) is 77.3 Å². The quantitative estimate of drug-likeness (QED) is 0.456. The molecule has 0 atom stereocenters. The molecule has 0 saturated heterocycles. The predicted octanol–water partition coefficient (Wildman–Crippen LogP) is 0.749. The van der Waals surface area contributed by atoms with Gasteiger partial charge in [-0.3, -0.25) is 10.1 Å². The van der Waals surface area contributed by atoms with Crippen LogP contribution >= 0.6 is 0 Å². The van der Waals surface area contributed by atoms with Crippen molar-refractivity contribution in [1.82, 2.24) is 0 Å². The van der Waals surface area contributed by atoms with Crippen molar-refractivity contribution in [3.63, 3.8) is 0 Å². The Kier molecular flexibility index (Phi) is 3.58. The lowest BCUT2D eigenvalue weighted by atomic mass is 10.1. The summed E-state index contributed by atoms with van der Waals surface area (Å²) < 4.78 is 20.6. The van der Waals surface area contributed by atoms with Crippen LogP contribution in [0.1, 0.15) is 5.56 Å². The number of nitrogens with zero attached hydrogens (tertiary/aromatic N) is 1. The fourth-order valence-corrected chi connectivity index (χ4v) is 1.45. The van der Waals surface area contributed by atoms with Crippen LogP contribution in [-0.2, 0) is 17.1 Å². The van der Waals surface area contributed by atoms with Crippen LogP contribution < -0.4 is 0 Å². The fourth-order valence-electron chi connectivity index (χ4n) is 1.00. The summed E-state index contributed by atoms with van der Waals surface area (Å²) >= 11 is 0. The van der Waals surface area contributed by atoms with Gasteiger partial charge < -0.3 is 0 Å². The number of aryl methyl sites for hydroxylation is 1. The van der Waals surface area contributed by atoms with Crippen molar-refractivity contribution in [3.05, 3.63) is 39.9 Å². The molecule has 0 radical (unpaired) electrons. The van der Waals surface area contributed by atoms with Gasteiger partial charge in [0, 0.05) is 12.1 Å². The molecular weight excluding hydrogens is 206 g/mol. The van der Waals surface area contributed by atoms with Crippen LogP contribution in [0.2, 0.25) is 0 Å². The van der Waals surface area contributed by atoms with Gasteiger partial charge in [-0.25, -0.2) is 8.42 Å². The van der Waals surface area contributed by atoms with E-state index in [0.29, 0.717) is 6.42 Å². The van der Waals surface area contributed by atoms with Crippen molar-refractivity contribution < 1.29 is 13.3 Å². The summed E-state index contributed by atoms with van der Waals surface area (Å²) in [5.74, 6) is 0.0765. The first-order valence-corrected chi connectivity index (χ1v) is 5.31. The average Bonchev–Trinajstić information content (AvgIpc) is 2.15. The summed E-state index contributed by atoms with van der Waals surface area (Å²) in [7, 11) is -2.38. The maximum Gasteiger partial charge on any atom is 0.269 e. The molecule has 0 aliphatic heterocycles. The van der Waals surface area contributed by atoms with E-state index in [1.807, 2.05) is 0 Å². The molecule has 5 nitrogen and oxygen atoms in total. The Morgan fingerprint density at radius 3 is 2.21 bits per heavy atom. The van der Waals surface area contributed by atoms with Gasteiger partial charge in [0.1, 0.15) is 10.7 Å². The van der Waals surface area contributed by atoms with E-state index >= 15 is 0 Å². The summed E-state index contributed by atoms with van der Waals surface area (Å²) in [4.78, 5) is 9.80. The van der Waals surface area contributed by atoms with Crippen molar-refractivity contribution >= 4 is 16.4 Å². The minimum Gasteiger partial charge on any atom is -0.258 e. The summed E-state index contributed by atoms with van der Waals surface area (Å²) in [5, 5.41) is 10.3. The van der Waals surface area contributed by atoms with Gasteiger partial charge in [0.2, 0.25) is 0 Å². The standard InChI is InChI=1S/C8H9NO4S/c10-9(11)8-3-1-7(2-4-8)5-6-14(12)13/h1-4,14H,5-6H2. The highest BCUT2D eigenvalue weighted by atomic mass is 32.2. The second-order valence-electron chi connectivity index (χ2n) is 2.73. The monoisotopic (exact) mass is 215 g/mol. The molecule has 0 aromatic heterocycles. The SMILES string of the molecule is O=[N+]([O-])c1ccc(CC[SH](=O)=O)cc1. The smallest absolute Gasteiger partial charge is 0.258 e. The van der Waals surface area contributed by atoms with E-state index in [9.17, 15) is 18.5 Å². The zero-order valence-electron chi connectivity index (χ0n) is 7.25. The highest BCUT2D eigenvalue weighted by Crippen LogP contribution is 2.11. The number of nitro groups is 1. The third-order valence-corrected chi connectivity index (χ3v) is 2.32. The Morgan fingerprint density at radius 2 is 1.79 bits per heavy atom. The molecule has 0 unspecified atom stereocenters. The molecule has 0 fully saturated rings. The van der Waals surface area contributed by atoms with Gasteiger partial charge >= 0.3 is 0 Å². The molecule has 0 spiro atoms. The van der Waals surface area contributed by atoms with E-state index in [1.165, 1.54) is 12.1 Å². The van der Waals surface area contributed by atoms with Crippen molar-refractivity contribution in [2.75, 3.05) is 5.75 Å². The minimum atomic E-state index is -2.38. The molecule has 14 heavy (non-hydrogen) atoms. The van der Waals surface area contributed by atoms with Crippen molar-refractivity contribution in [3.8, 4) is 0 Å². The first-order valence-electron chi connectivity index (χ1n) is 3.95. The summed E-state index contributed by atoms with van der Waals surface area (Å²) in [6.07, 6.45) is 0.400. The van der Waals surface area contributed by atoms with Gasteiger partial charge in [-0.15, -0.1) is 0 Å². The normalized spacial score (nSPS) is 10.4. The van der Waals surface area contributed by atoms with E-state index in [0.717, 1.165) is 5.56 Å². The van der Waals surface area contributed by atoms with Gasteiger partial charge in [-0.05, 0) is 12.0 Å². The van der Waals surface area contributed by atoms with Crippen molar-refractivity contribution in [2.45, 2.75) is 6.42 Å². The van der Waals surface area contributed by atoms with Crippen LogP contribution in [0, 0.1) is 10.1 Å². The minimum absolute atomic E-state index is 0.0141. The zero-order valence-corrected chi connectivity index (χ0v) is 8.15. The van der Waals surface area contributed by atoms with Crippen molar-refractivity contribution in [2.24, 2.45) is 0 Å². The van der Waals surface area contributed by atoms with Gasteiger partial charge in [-0.2, -0.15) is 0 Å². The van der Waals surface area contributed by atoms with E-state index in [2.05, 4.69) is 0 Å². The Hall–Kier alpha value is -1.43. The van der Waals surface area contributed by atoms with Gasteiger partial charge in [0.15, 0.2) is 0 Å². The lowest BCUT2D eigenvalue weighted by molar-refractivity contribution is -0.384. The van der Waals surface area contributed by atoms with Gasteiger partial charge in [-0.1, -0.05) is 12.1 Å². The number of thiol groups is 1. The second-order valence-corrected chi connectivity index (χ2v) is 3.84. The van der Waals surface area contributed by atoms with Crippen LogP contribution in [0.3, 0.4) is 0 Å². The zero-order chi connectivity index (χ0) is 10.6. The number of hydrogen-bond donors (Lipinski definition) is 1. The molecule has 0 bridgehead atoms. The van der Waals surface area contributed by atoms with E-state index in [1.54, 1.807) is 12.1 Å². The lowest BCUT2D eigenvalue weighted by Gasteiger charge is -1.96. The molecule has 1 aromatic carbocycles. The molecule has 0 aliphatic rings. The maximum absolute atomic E-state index is 10.3. The third kappa shape index (κ3) is 3.14. The van der Waals surface area contributed by atoms with Crippen LogP contribution in [0.4, 0.5) is 5.69 Å². The lowest BCUT2D eigenvalue weighted by Crippen LogP contribution is -1.94. The molecule has 0 aliphatic carbocycles. The van der Waals surface area contributed by atoms with E-state index < -0.39 is 15.6 Å². The first kappa shape index (κ1) is 10.6. The van der Waals surface area contributed by atoms with Crippen molar-refractivity contribution in [1.29, 1.82) is 0 Å². The number of nitro benzene ring substituents is 1. The van der Waals surface area contributed by atoms with Crippen LogP contribution in [0.5, 0.6) is 0 Å². The predicted molar refractivity (Wildman–Crippen MR) is 52.0 cm³/mol. The van der Waals surface area contributed by atoms with Gasteiger partial charge in [0.05, 0.1) is 10.7 Å². The summed E-state index contributed by atoms with van der Waals surface area (Å²) in [6, 6.07) is 5.87. The molecule has 0 saturated carbocycles. The Bertz CT molecular complexity index is 388. The molecular formula is C8H9NO4S. The summed E-state index contributed by atoms with van der Waals surface area (Å²) in [5.41, 5.74) is 0.801. The molecule has 1 rings (SSSR count). The molecule has 76 valence electrons. The molecule has 0 amide bonds. The van der Waals surface area contributed by atoms with Crippen LogP contribution in [0.15, 0.2) is 24.3 Å². The molecule has 1 aromatic rings. The number of rotatable bonds is 4. The van der Waals surface area contributed by atoms with Crippen LogP contribution in [-0.4, -0.2) is 19.1 Å². The first-order chi connectivity index (χ1) is 6.59. The fraction of sp³-hybridized carbons (Fsp3) is 0.250. The molecule has 0 heterocycles. The maximum atomic E-state index is 10.3. The Morgan fingerprint density at radius 1 is 1.21 bits per heavy atom. The summed E-state index contributed by atoms with van der Waals surface area (Å²) in [6.45, 7) is 0. The van der Waals surface area contributed by atoms with E-state index in [-0.39, 0.29) is 11.4 Å². The molecule has 0 N–H and O–H groups in total. The Balaban J connectivity index is 2.68. The number of non-ortho nitro benzene ring substituents is 1. The van der Waals surface area contributed by atoms with E-state index in [4.69, 9.17) is 0 Å². The number of benzene rings is 1. The highest BCUT2D eigenvalue weighted by molar-refractivity contribution is 7.72. The van der Waals surface area contributed by atoms with Gasteiger partial charge in [0.25, 0.3) is 5.69 Å². The largest absolute Gasteiger partial charge is 0.269 e. The number of hydrogen-bond acceptors (Lipinski definition) is 4. The average molecular weight is 215 g/mol. The third-order valence-electron chi connectivity index (χ3n) is 1.73. The molecule has 6 heteroatoms. The Labute approximate surface area is 82.5 Å². The second kappa shape index (κ2) is 4.71.